The molecule has 3 unspecified atom stereocenters. The van der Waals surface area contributed by atoms with Crippen LogP contribution < -0.4 is 9.47 Å². The van der Waals surface area contributed by atoms with Gasteiger partial charge in [0.25, 0.3) is 0 Å². The zero-order valence-corrected chi connectivity index (χ0v) is 15.0. The molecule has 2 aromatic rings. The van der Waals surface area contributed by atoms with Crippen LogP contribution in [-0.4, -0.2) is 38.1 Å². The number of aliphatic hydroxyl groups excluding tert-OH is 1. The van der Waals surface area contributed by atoms with Crippen LogP contribution in [0.3, 0.4) is 0 Å². The van der Waals surface area contributed by atoms with Crippen molar-refractivity contribution in [2.45, 2.75) is 24.9 Å². The van der Waals surface area contributed by atoms with Crippen LogP contribution in [0.5, 0.6) is 11.5 Å². The molecule has 2 aromatic carbocycles. The molecule has 1 aliphatic heterocycles. The van der Waals surface area contributed by atoms with Crippen LogP contribution >= 0.6 is 0 Å². The number of rotatable bonds is 7. The first kappa shape index (κ1) is 18.5. The fraction of sp³-hybridized carbons (Fsp3) is 0.333. The maximum absolute atomic E-state index is 9.71. The lowest BCUT2D eigenvalue weighted by Crippen LogP contribution is -2.37. The van der Waals surface area contributed by atoms with Gasteiger partial charge >= 0.3 is 0 Å². The largest absolute Gasteiger partial charge is 0.497 e. The van der Waals surface area contributed by atoms with Crippen molar-refractivity contribution in [2.24, 2.45) is 0 Å². The van der Waals surface area contributed by atoms with Gasteiger partial charge in [0, 0.05) is 6.07 Å². The van der Waals surface area contributed by atoms with Crippen LogP contribution in [0, 0.1) is 0 Å². The highest BCUT2D eigenvalue weighted by Gasteiger charge is 2.28. The second kappa shape index (κ2) is 8.85. The summed E-state index contributed by atoms with van der Waals surface area (Å²) in [5.74, 6) is 1.42. The van der Waals surface area contributed by atoms with Crippen LogP contribution in [0.25, 0.3) is 0 Å². The lowest BCUT2D eigenvalue weighted by molar-refractivity contribution is -0.107. The van der Waals surface area contributed by atoms with Gasteiger partial charge in [-0.05, 0) is 23.3 Å². The van der Waals surface area contributed by atoms with Crippen molar-refractivity contribution >= 4 is 0 Å². The molecule has 0 fully saturated rings. The maximum atomic E-state index is 9.71. The van der Waals surface area contributed by atoms with E-state index in [0.29, 0.717) is 18.1 Å². The van der Waals surface area contributed by atoms with Crippen molar-refractivity contribution in [3.63, 3.8) is 0 Å². The highest BCUT2D eigenvalue weighted by molar-refractivity contribution is 5.38. The maximum Gasteiger partial charge on any atom is 0.122 e. The molecule has 3 atom stereocenters. The molecule has 3 rings (SSSR count). The highest BCUT2D eigenvalue weighted by Crippen LogP contribution is 2.28. The van der Waals surface area contributed by atoms with Gasteiger partial charge in [0.2, 0.25) is 0 Å². The molecular formula is C21H24O5. The second-order valence-corrected chi connectivity index (χ2v) is 6.07. The van der Waals surface area contributed by atoms with Gasteiger partial charge < -0.3 is 24.1 Å². The minimum absolute atomic E-state index is 0.111. The van der Waals surface area contributed by atoms with Gasteiger partial charge in [0.15, 0.2) is 0 Å². The van der Waals surface area contributed by atoms with Crippen LogP contribution in [0.2, 0.25) is 0 Å². The van der Waals surface area contributed by atoms with Gasteiger partial charge in [0.05, 0.1) is 27.4 Å². The van der Waals surface area contributed by atoms with Crippen LogP contribution in [-0.2, 0) is 16.1 Å². The normalized spacial score (nSPS) is 22.2. The van der Waals surface area contributed by atoms with E-state index in [9.17, 15) is 5.11 Å². The summed E-state index contributed by atoms with van der Waals surface area (Å²) in [5.41, 5.74) is 1.98. The number of hydrogen-bond donors (Lipinski definition) is 1. The van der Waals surface area contributed by atoms with Gasteiger partial charge in [-0.25, -0.2) is 0 Å². The van der Waals surface area contributed by atoms with E-state index in [4.69, 9.17) is 18.9 Å². The number of aliphatic hydroxyl groups is 1. The Morgan fingerprint density at radius 2 is 1.65 bits per heavy atom. The third kappa shape index (κ3) is 4.43. The topological polar surface area (TPSA) is 57.2 Å². The molecule has 0 aliphatic carbocycles. The molecule has 0 saturated carbocycles. The average molecular weight is 356 g/mol. The Morgan fingerprint density at radius 1 is 0.962 bits per heavy atom. The fourth-order valence-corrected chi connectivity index (χ4v) is 2.93. The fourth-order valence-electron chi connectivity index (χ4n) is 2.93. The van der Waals surface area contributed by atoms with Gasteiger partial charge in [-0.3, -0.25) is 0 Å². The van der Waals surface area contributed by atoms with Gasteiger partial charge in [-0.15, -0.1) is 0 Å². The Labute approximate surface area is 153 Å². The molecule has 0 saturated heterocycles. The van der Waals surface area contributed by atoms with E-state index in [1.165, 1.54) is 0 Å². The van der Waals surface area contributed by atoms with Crippen molar-refractivity contribution in [3.8, 4) is 11.5 Å². The molecule has 0 amide bonds. The molecule has 26 heavy (non-hydrogen) atoms. The van der Waals surface area contributed by atoms with E-state index >= 15 is 0 Å². The summed E-state index contributed by atoms with van der Waals surface area (Å²) in [7, 11) is 3.23. The van der Waals surface area contributed by atoms with E-state index in [1.54, 1.807) is 14.2 Å². The van der Waals surface area contributed by atoms with Crippen LogP contribution in [0.1, 0.15) is 17.2 Å². The number of methoxy groups -OCH3 is 2. The van der Waals surface area contributed by atoms with E-state index in [1.807, 2.05) is 60.7 Å². The molecule has 0 spiro atoms. The molecule has 0 bridgehead atoms. The van der Waals surface area contributed by atoms with Gasteiger partial charge in [-0.1, -0.05) is 42.5 Å². The summed E-state index contributed by atoms with van der Waals surface area (Å²) in [4.78, 5) is 0. The van der Waals surface area contributed by atoms with Crippen LogP contribution in [0.15, 0.2) is 60.7 Å². The molecule has 1 N–H and O–H groups in total. The number of ether oxygens (including phenoxy) is 4. The van der Waals surface area contributed by atoms with Crippen molar-refractivity contribution in [1.82, 2.24) is 0 Å². The molecule has 5 heteroatoms. The molecular weight excluding hydrogens is 332 g/mol. The quantitative estimate of drug-likeness (QED) is 0.772. The SMILES string of the molecule is COc1cc(COC2C=CC(c3ccccc3)OC2CO)cc(OC)c1. The molecule has 5 nitrogen and oxygen atoms in total. The van der Waals surface area contributed by atoms with Crippen LogP contribution in [0.4, 0.5) is 0 Å². The minimum Gasteiger partial charge on any atom is -0.497 e. The monoisotopic (exact) mass is 356 g/mol. The predicted molar refractivity (Wildman–Crippen MR) is 98.4 cm³/mol. The van der Waals surface area contributed by atoms with Crippen molar-refractivity contribution < 1.29 is 24.1 Å². The van der Waals surface area contributed by atoms with E-state index in [-0.39, 0.29) is 18.8 Å². The summed E-state index contributed by atoms with van der Waals surface area (Å²) in [6, 6.07) is 15.5. The van der Waals surface area contributed by atoms with Gasteiger partial charge in [0.1, 0.15) is 29.8 Å². The minimum atomic E-state index is -0.419. The zero-order chi connectivity index (χ0) is 18.4. The Bertz CT molecular complexity index is 706. The number of benzene rings is 2. The third-order valence-corrected chi connectivity index (χ3v) is 4.33. The highest BCUT2D eigenvalue weighted by atomic mass is 16.6. The van der Waals surface area contributed by atoms with E-state index < -0.39 is 6.10 Å². The van der Waals surface area contributed by atoms with Crippen molar-refractivity contribution in [2.75, 3.05) is 20.8 Å². The summed E-state index contributed by atoms with van der Waals surface area (Å²) in [5, 5.41) is 9.71. The Kier molecular flexibility index (Phi) is 6.28. The Hall–Kier alpha value is -2.34. The smallest absolute Gasteiger partial charge is 0.122 e. The molecule has 0 radical (unpaired) electrons. The Balaban J connectivity index is 1.68. The van der Waals surface area contributed by atoms with Crippen molar-refractivity contribution in [3.05, 3.63) is 71.8 Å². The Morgan fingerprint density at radius 3 is 2.27 bits per heavy atom. The molecule has 138 valence electrons. The average Bonchev–Trinajstić information content (AvgIpc) is 2.72. The zero-order valence-electron chi connectivity index (χ0n) is 15.0. The predicted octanol–water partition coefficient (Wildman–Crippen LogP) is 3.28. The molecule has 0 aromatic heterocycles. The van der Waals surface area contributed by atoms with Gasteiger partial charge in [-0.2, -0.15) is 0 Å². The summed E-state index contributed by atoms with van der Waals surface area (Å²) in [6.45, 7) is 0.248. The van der Waals surface area contributed by atoms with E-state index in [2.05, 4.69) is 0 Å². The first-order valence-corrected chi connectivity index (χ1v) is 8.56. The lowest BCUT2D eigenvalue weighted by atomic mass is 10.0. The molecule has 1 aliphatic rings. The first-order chi connectivity index (χ1) is 12.7. The lowest BCUT2D eigenvalue weighted by Gasteiger charge is -2.31. The summed E-state index contributed by atoms with van der Waals surface area (Å²) < 4.78 is 22.5. The summed E-state index contributed by atoms with van der Waals surface area (Å²) >= 11 is 0. The summed E-state index contributed by atoms with van der Waals surface area (Å²) in [6.07, 6.45) is 3.01. The standard InChI is InChI=1S/C21H24O5/c1-23-17-10-15(11-18(12-17)24-2)14-25-20-9-8-19(26-21(20)13-22)16-6-4-3-5-7-16/h3-12,19-22H,13-14H2,1-2H3. The third-order valence-electron chi connectivity index (χ3n) is 4.33. The number of hydrogen-bond acceptors (Lipinski definition) is 5. The second-order valence-electron chi connectivity index (χ2n) is 6.07. The molecule has 1 heterocycles. The van der Waals surface area contributed by atoms with E-state index in [0.717, 1.165) is 11.1 Å². The first-order valence-electron chi connectivity index (χ1n) is 8.56. The van der Waals surface area contributed by atoms with Crippen molar-refractivity contribution in [1.29, 1.82) is 0 Å².